The van der Waals surface area contributed by atoms with E-state index >= 15 is 0 Å². The Hall–Kier alpha value is -2.92. The monoisotopic (exact) mass is 402 g/mol. The van der Waals surface area contributed by atoms with E-state index in [-0.39, 0.29) is 5.78 Å². The number of hydrogen-bond donors (Lipinski definition) is 2. The number of rotatable bonds is 5. The summed E-state index contributed by atoms with van der Waals surface area (Å²) < 4.78 is 0. The van der Waals surface area contributed by atoms with Crippen LogP contribution < -0.4 is 11.2 Å². The zero-order valence-electron chi connectivity index (χ0n) is 17.3. The van der Waals surface area contributed by atoms with Crippen LogP contribution in [0, 0.1) is 5.92 Å². The molecule has 1 aliphatic heterocycles. The Bertz CT molecular complexity index is 904. The van der Waals surface area contributed by atoms with Crippen molar-refractivity contribution in [2.24, 2.45) is 16.6 Å². The van der Waals surface area contributed by atoms with Crippen LogP contribution in [0.3, 0.4) is 0 Å². The van der Waals surface area contributed by atoms with Gasteiger partial charge < -0.3 is 5.73 Å². The first-order valence-corrected chi connectivity index (χ1v) is 10.9. The van der Waals surface area contributed by atoms with E-state index in [1.165, 1.54) is 44.0 Å². The Kier molecular flexibility index (Phi) is 6.60. The number of para-hydroxylation sites is 1. The number of hydrogen-bond acceptors (Lipinski definition) is 5. The second-order valence-corrected chi connectivity index (χ2v) is 8.12. The predicted octanol–water partition coefficient (Wildman–Crippen LogP) is 4.69. The van der Waals surface area contributed by atoms with Crippen molar-refractivity contribution in [2.45, 2.75) is 51.0 Å². The summed E-state index contributed by atoms with van der Waals surface area (Å²) in [6, 6.07) is 9.04. The molecule has 2 aliphatic carbocycles. The summed E-state index contributed by atoms with van der Waals surface area (Å²) in [5, 5.41) is 1.96. The largest absolute Gasteiger partial charge is 0.405 e. The number of ketones is 1. The quantitative estimate of drug-likeness (QED) is 0.701. The number of carbonyl (C=O) groups excluding carboxylic acids is 1. The fourth-order valence-corrected chi connectivity index (χ4v) is 4.49. The SMILES string of the molecule is NC=CC(=Nc1ccccc1)C1NN(C2=CC=C(C3CCCCC3)CC2)C=CC1=O. The smallest absolute Gasteiger partial charge is 0.181 e. The standard InChI is InChI=1S/C25H30N4O/c26-17-15-23(27-21-9-5-2-6-10-21)25-24(30)16-18-29(28-25)22-13-11-20(12-14-22)19-7-3-1-4-8-19/h2,5-6,9-11,13,15-19,25,28H,1,3-4,7-8,12,14,26H2. The van der Waals surface area contributed by atoms with Crippen LogP contribution >= 0.6 is 0 Å². The minimum absolute atomic E-state index is 0.0334. The maximum absolute atomic E-state index is 12.6. The summed E-state index contributed by atoms with van der Waals surface area (Å²) in [7, 11) is 0. The molecule has 1 saturated carbocycles. The molecule has 0 bridgehead atoms. The molecule has 0 spiro atoms. The lowest BCUT2D eigenvalue weighted by Crippen LogP contribution is -2.52. The van der Waals surface area contributed by atoms with Gasteiger partial charge in [0.1, 0.15) is 6.04 Å². The highest BCUT2D eigenvalue weighted by atomic mass is 16.1. The van der Waals surface area contributed by atoms with Crippen molar-refractivity contribution in [1.82, 2.24) is 10.4 Å². The number of nitrogens with one attached hydrogen (secondary N) is 1. The van der Waals surface area contributed by atoms with Gasteiger partial charge in [-0.1, -0.05) is 49.1 Å². The van der Waals surface area contributed by atoms with Gasteiger partial charge in [-0.25, -0.2) is 5.43 Å². The summed E-state index contributed by atoms with van der Waals surface area (Å²) >= 11 is 0. The summed E-state index contributed by atoms with van der Waals surface area (Å²) in [4.78, 5) is 17.3. The average molecular weight is 403 g/mol. The molecule has 0 saturated heterocycles. The zero-order valence-corrected chi connectivity index (χ0v) is 17.3. The number of nitrogens with two attached hydrogens (primary N) is 1. The van der Waals surface area contributed by atoms with E-state index in [0.717, 1.165) is 24.4 Å². The second-order valence-electron chi connectivity index (χ2n) is 8.12. The first kappa shape index (κ1) is 20.4. The molecule has 1 aromatic rings. The van der Waals surface area contributed by atoms with Crippen LogP contribution in [0.2, 0.25) is 0 Å². The lowest BCUT2D eigenvalue weighted by molar-refractivity contribution is -0.116. The molecule has 0 aromatic heterocycles. The third kappa shape index (κ3) is 4.79. The van der Waals surface area contributed by atoms with Gasteiger partial charge in [0.2, 0.25) is 0 Å². The van der Waals surface area contributed by atoms with Crippen LogP contribution in [0.1, 0.15) is 44.9 Å². The van der Waals surface area contributed by atoms with Gasteiger partial charge in [0.25, 0.3) is 0 Å². The molecule has 5 heteroatoms. The molecule has 5 nitrogen and oxygen atoms in total. The van der Waals surface area contributed by atoms with Crippen molar-refractivity contribution in [2.75, 3.05) is 0 Å². The second kappa shape index (κ2) is 9.72. The molecule has 3 N–H and O–H groups in total. The third-order valence-corrected chi connectivity index (χ3v) is 6.12. The maximum Gasteiger partial charge on any atom is 0.181 e. The van der Waals surface area contributed by atoms with E-state index in [0.29, 0.717) is 5.71 Å². The molecule has 0 amide bonds. The Balaban J connectivity index is 1.52. The molecule has 1 aromatic carbocycles. The van der Waals surface area contributed by atoms with Gasteiger partial charge in [-0.15, -0.1) is 0 Å². The van der Waals surface area contributed by atoms with Crippen LogP contribution in [-0.2, 0) is 4.79 Å². The molecule has 1 atom stereocenters. The number of allylic oxidation sites excluding steroid dienone is 4. The first-order chi connectivity index (χ1) is 14.7. The Morgan fingerprint density at radius 3 is 2.60 bits per heavy atom. The van der Waals surface area contributed by atoms with Crippen molar-refractivity contribution in [1.29, 1.82) is 0 Å². The molecule has 156 valence electrons. The van der Waals surface area contributed by atoms with Gasteiger partial charge in [0.15, 0.2) is 5.78 Å². The zero-order chi connectivity index (χ0) is 20.8. The van der Waals surface area contributed by atoms with Crippen LogP contribution in [-0.4, -0.2) is 22.5 Å². The number of hydrazine groups is 1. The van der Waals surface area contributed by atoms with Crippen molar-refractivity contribution >= 4 is 17.2 Å². The van der Waals surface area contributed by atoms with E-state index in [2.05, 4.69) is 22.6 Å². The van der Waals surface area contributed by atoms with E-state index in [1.807, 2.05) is 41.5 Å². The van der Waals surface area contributed by atoms with Gasteiger partial charge in [0.05, 0.1) is 11.4 Å². The number of aliphatic imine (C=N–C) groups is 1. The van der Waals surface area contributed by atoms with Crippen molar-refractivity contribution in [3.05, 3.63) is 78.3 Å². The minimum Gasteiger partial charge on any atom is -0.405 e. The van der Waals surface area contributed by atoms with Gasteiger partial charge in [-0.05, 0) is 62.1 Å². The number of nitrogens with zero attached hydrogens (tertiary/aromatic N) is 2. The molecule has 4 rings (SSSR count). The number of carbonyl (C=O) groups is 1. The molecular weight excluding hydrogens is 372 g/mol. The molecule has 30 heavy (non-hydrogen) atoms. The summed E-state index contributed by atoms with van der Waals surface area (Å²) in [6.45, 7) is 0. The number of benzene rings is 1. The molecule has 1 fully saturated rings. The lowest BCUT2D eigenvalue weighted by Gasteiger charge is -2.34. The highest BCUT2D eigenvalue weighted by Crippen LogP contribution is 2.35. The van der Waals surface area contributed by atoms with Gasteiger partial charge in [0, 0.05) is 18.0 Å². The molecule has 1 unspecified atom stereocenters. The van der Waals surface area contributed by atoms with Crippen molar-refractivity contribution < 1.29 is 4.79 Å². The highest BCUT2D eigenvalue weighted by Gasteiger charge is 2.28. The molecule has 1 heterocycles. The maximum atomic E-state index is 12.6. The average Bonchev–Trinajstić information content (AvgIpc) is 2.81. The van der Waals surface area contributed by atoms with Gasteiger partial charge >= 0.3 is 0 Å². The van der Waals surface area contributed by atoms with Crippen LogP contribution in [0.5, 0.6) is 0 Å². The first-order valence-electron chi connectivity index (χ1n) is 10.9. The third-order valence-electron chi connectivity index (χ3n) is 6.12. The fourth-order valence-electron chi connectivity index (χ4n) is 4.49. The van der Waals surface area contributed by atoms with Crippen LogP contribution in [0.25, 0.3) is 0 Å². The van der Waals surface area contributed by atoms with E-state index < -0.39 is 6.04 Å². The summed E-state index contributed by atoms with van der Waals surface area (Å²) in [5.74, 6) is 0.726. The lowest BCUT2D eigenvalue weighted by atomic mass is 9.80. The van der Waals surface area contributed by atoms with E-state index in [4.69, 9.17) is 5.73 Å². The van der Waals surface area contributed by atoms with Crippen LogP contribution in [0.15, 0.2) is 83.3 Å². The van der Waals surface area contributed by atoms with E-state index in [1.54, 1.807) is 17.7 Å². The summed E-state index contributed by atoms with van der Waals surface area (Å²) in [5.41, 5.74) is 13.1. The fraction of sp³-hybridized carbons (Fsp3) is 0.360. The molecule has 3 aliphatic rings. The highest BCUT2D eigenvalue weighted by molar-refractivity contribution is 6.18. The van der Waals surface area contributed by atoms with Crippen molar-refractivity contribution in [3.63, 3.8) is 0 Å². The van der Waals surface area contributed by atoms with Crippen molar-refractivity contribution in [3.8, 4) is 0 Å². The van der Waals surface area contributed by atoms with Gasteiger partial charge in [-0.2, -0.15) is 0 Å². The Morgan fingerprint density at radius 1 is 1.10 bits per heavy atom. The molecule has 0 radical (unpaired) electrons. The van der Waals surface area contributed by atoms with E-state index in [9.17, 15) is 4.79 Å². The topological polar surface area (TPSA) is 70.7 Å². The minimum atomic E-state index is -0.570. The molecular formula is C25H30N4O. The normalized spacial score (nSPS) is 23.6. The summed E-state index contributed by atoms with van der Waals surface area (Å²) in [6.07, 6.45) is 19.9. The Labute approximate surface area is 178 Å². The van der Waals surface area contributed by atoms with Crippen LogP contribution in [0.4, 0.5) is 5.69 Å². The predicted molar refractivity (Wildman–Crippen MR) is 122 cm³/mol. The Morgan fingerprint density at radius 2 is 1.90 bits per heavy atom. The van der Waals surface area contributed by atoms with Gasteiger partial charge in [-0.3, -0.25) is 14.8 Å².